The largest absolute Gasteiger partial charge is 0.493 e. The lowest BCUT2D eigenvalue weighted by Crippen LogP contribution is -2.31. The molecule has 0 radical (unpaired) electrons. The summed E-state index contributed by atoms with van der Waals surface area (Å²) in [4.78, 5) is 17.5. The summed E-state index contributed by atoms with van der Waals surface area (Å²) >= 11 is 0. The maximum Gasteiger partial charge on any atom is 0.259 e. The third-order valence-electron chi connectivity index (χ3n) is 4.11. The first-order valence-electron chi connectivity index (χ1n) is 9.09. The minimum Gasteiger partial charge on any atom is -0.493 e. The molecule has 0 saturated heterocycles. The summed E-state index contributed by atoms with van der Waals surface area (Å²) in [6.45, 7) is 0.893. The van der Waals surface area contributed by atoms with Gasteiger partial charge >= 0.3 is 0 Å². The molecule has 8 nitrogen and oxygen atoms in total. The van der Waals surface area contributed by atoms with Crippen molar-refractivity contribution >= 4 is 35.8 Å². The Morgan fingerprint density at radius 3 is 2.47 bits per heavy atom. The van der Waals surface area contributed by atoms with Crippen molar-refractivity contribution in [3.8, 4) is 17.2 Å². The van der Waals surface area contributed by atoms with E-state index in [0.29, 0.717) is 36.3 Å². The number of ether oxygens (including phenoxy) is 3. The van der Waals surface area contributed by atoms with Crippen molar-refractivity contribution in [3.05, 3.63) is 53.6 Å². The van der Waals surface area contributed by atoms with E-state index in [1.54, 1.807) is 34.4 Å². The van der Waals surface area contributed by atoms with E-state index in [9.17, 15) is 4.79 Å². The Hall–Kier alpha value is -2.69. The monoisotopic (exact) mass is 528 g/mol. The van der Waals surface area contributed by atoms with Crippen LogP contribution < -0.4 is 25.3 Å². The Morgan fingerprint density at radius 2 is 1.80 bits per heavy atom. The Labute approximate surface area is 194 Å². The molecule has 0 heterocycles. The topological polar surface area (TPSA) is 98.4 Å². The molecule has 2 aromatic carbocycles. The number of carbonyl (C=O) groups excluding carboxylic acids is 1. The predicted octanol–water partition coefficient (Wildman–Crippen LogP) is 2.39. The average molecular weight is 528 g/mol. The molecule has 1 amide bonds. The minimum absolute atomic E-state index is 0. The van der Waals surface area contributed by atoms with Gasteiger partial charge in [-0.05, 0) is 35.4 Å². The van der Waals surface area contributed by atoms with Gasteiger partial charge in [0.05, 0.1) is 20.8 Å². The van der Waals surface area contributed by atoms with E-state index in [-0.39, 0.29) is 36.5 Å². The first-order valence-corrected chi connectivity index (χ1v) is 9.09. The van der Waals surface area contributed by atoms with Crippen molar-refractivity contribution in [2.45, 2.75) is 13.1 Å². The van der Waals surface area contributed by atoms with Crippen LogP contribution in [-0.2, 0) is 17.9 Å². The van der Waals surface area contributed by atoms with Gasteiger partial charge in [-0.2, -0.15) is 0 Å². The summed E-state index contributed by atoms with van der Waals surface area (Å²) in [6.07, 6.45) is 0. The number of rotatable bonds is 9. The number of nitrogens with one attached hydrogen (secondary N) is 1. The Kier molecular flexibility index (Phi) is 10.8. The second-order valence-corrected chi connectivity index (χ2v) is 6.47. The third-order valence-corrected chi connectivity index (χ3v) is 4.11. The van der Waals surface area contributed by atoms with Gasteiger partial charge in [0.1, 0.15) is 5.75 Å². The molecule has 0 unspecified atom stereocenters. The number of hydrogen-bond acceptors (Lipinski definition) is 5. The quantitative estimate of drug-likeness (QED) is 0.295. The van der Waals surface area contributed by atoms with Crippen LogP contribution in [0.2, 0.25) is 0 Å². The Bertz CT molecular complexity index is 859. The van der Waals surface area contributed by atoms with E-state index in [1.807, 2.05) is 36.4 Å². The van der Waals surface area contributed by atoms with Gasteiger partial charge in [0, 0.05) is 20.6 Å². The summed E-state index contributed by atoms with van der Waals surface area (Å²) in [5, 5.41) is 3.08. The molecule has 0 spiro atoms. The molecule has 0 aromatic heterocycles. The number of amides is 1. The molecule has 0 aliphatic rings. The maximum atomic E-state index is 11.6. The summed E-state index contributed by atoms with van der Waals surface area (Å²) in [5.74, 6) is 2.18. The van der Waals surface area contributed by atoms with E-state index in [4.69, 9.17) is 19.9 Å². The number of methoxy groups -OCH3 is 2. The zero-order valence-electron chi connectivity index (χ0n) is 17.7. The molecular formula is C21H29IN4O4. The maximum absolute atomic E-state index is 11.6. The van der Waals surface area contributed by atoms with Crippen molar-refractivity contribution in [2.75, 3.05) is 34.9 Å². The van der Waals surface area contributed by atoms with E-state index >= 15 is 0 Å². The molecule has 0 fully saturated rings. The number of nitrogens with zero attached hydrogens (tertiary/aromatic N) is 2. The second-order valence-electron chi connectivity index (χ2n) is 6.47. The van der Waals surface area contributed by atoms with E-state index in [1.165, 1.54) is 4.90 Å². The van der Waals surface area contributed by atoms with Crippen molar-refractivity contribution in [1.29, 1.82) is 0 Å². The minimum atomic E-state index is -0.1000. The van der Waals surface area contributed by atoms with E-state index in [2.05, 4.69) is 10.3 Å². The van der Waals surface area contributed by atoms with Gasteiger partial charge in [0.15, 0.2) is 24.1 Å². The highest BCUT2D eigenvalue weighted by Gasteiger charge is 2.06. The second kappa shape index (κ2) is 12.8. The van der Waals surface area contributed by atoms with E-state index < -0.39 is 0 Å². The number of guanidine groups is 1. The number of carbonyl (C=O) groups is 1. The zero-order valence-corrected chi connectivity index (χ0v) is 20.0. The molecule has 2 aromatic rings. The first-order chi connectivity index (χ1) is 13.9. The first kappa shape index (κ1) is 25.3. The molecular weight excluding hydrogens is 499 g/mol. The van der Waals surface area contributed by atoms with E-state index in [0.717, 1.165) is 11.1 Å². The molecule has 30 heavy (non-hydrogen) atoms. The summed E-state index contributed by atoms with van der Waals surface area (Å²) in [5.41, 5.74) is 7.88. The lowest BCUT2D eigenvalue weighted by atomic mass is 10.2. The highest BCUT2D eigenvalue weighted by molar-refractivity contribution is 14.0. The molecule has 0 aliphatic heterocycles. The van der Waals surface area contributed by atoms with Gasteiger partial charge in [0.25, 0.3) is 5.91 Å². The van der Waals surface area contributed by atoms with Crippen LogP contribution in [0.4, 0.5) is 0 Å². The fraction of sp³-hybridized carbons (Fsp3) is 0.333. The Morgan fingerprint density at radius 1 is 1.07 bits per heavy atom. The SMILES string of the molecule is COc1ccc(CNC(N)=NCc2cccc(OCC(=O)N(C)C)c2)cc1OC.I. The van der Waals surface area contributed by atoms with Crippen LogP contribution in [0.1, 0.15) is 11.1 Å². The van der Waals surface area contributed by atoms with Crippen molar-refractivity contribution < 1.29 is 19.0 Å². The standard InChI is InChI=1S/C21H28N4O4.HI/c1-25(2)20(26)14-29-17-7-5-6-15(10-17)12-23-21(22)24-13-16-8-9-18(27-3)19(11-16)28-4;/h5-11H,12-14H2,1-4H3,(H3,22,23,24);1H. The predicted molar refractivity (Wildman–Crippen MR) is 128 cm³/mol. The molecule has 3 N–H and O–H groups in total. The number of hydrogen-bond donors (Lipinski definition) is 2. The lowest BCUT2D eigenvalue weighted by Gasteiger charge is -2.12. The van der Waals surface area contributed by atoms with Crippen LogP contribution in [0.15, 0.2) is 47.5 Å². The normalized spacial score (nSPS) is 10.6. The number of aliphatic imine (C=N–C) groups is 1. The van der Waals surface area contributed by atoms with Crippen molar-refractivity contribution in [3.63, 3.8) is 0 Å². The third kappa shape index (κ3) is 7.97. The average Bonchev–Trinajstić information content (AvgIpc) is 2.74. The highest BCUT2D eigenvalue weighted by Crippen LogP contribution is 2.27. The van der Waals surface area contributed by atoms with Crippen LogP contribution in [-0.4, -0.2) is 51.7 Å². The summed E-state index contributed by atoms with van der Waals surface area (Å²) in [7, 11) is 6.57. The smallest absolute Gasteiger partial charge is 0.259 e. The summed E-state index contributed by atoms with van der Waals surface area (Å²) < 4.78 is 16.0. The van der Waals surface area contributed by atoms with Crippen LogP contribution in [0.5, 0.6) is 17.2 Å². The van der Waals surface area contributed by atoms with Gasteiger partial charge in [-0.3, -0.25) is 4.79 Å². The highest BCUT2D eigenvalue weighted by atomic mass is 127. The van der Waals surface area contributed by atoms with Crippen molar-refractivity contribution in [1.82, 2.24) is 10.2 Å². The van der Waals surface area contributed by atoms with Gasteiger partial charge in [-0.1, -0.05) is 18.2 Å². The lowest BCUT2D eigenvalue weighted by molar-refractivity contribution is -0.130. The molecule has 9 heteroatoms. The van der Waals surface area contributed by atoms with Crippen molar-refractivity contribution in [2.24, 2.45) is 10.7 Å². The molecule has 164 valence electrons. The Balaban J connectivity index is 0.00000450. The fourth-order valence-corrected chi connectivity index (χ4v) is 2.42. The molecule has 0 aliphatic carbocycles. The zero-order chi connectivity index (χ0) is 21.2. The fourth-order valence-electron chi connectivity index (χ4n) is 2.42. The molecule has 0 saturated carbocycles. The van der Waals surface area contributed by atoms with Crippen LogP contribution in [0.25, 0.3) is 0 Å². The van der Waals surface area contributed by atoms with Gasteiger partial charge in [0.2, 0.25) is 0 Å². The summed E-state index contributed by atoms with van der Waals surface area (Å²) in [6, 6.07) is 13.1. The number of likely N-dealkylation sites (N-methyl/N-ethyl adjacent to an activating group) is 1. The molecule has 0 atom stereocenters. The van der Waals surface area contributed by atoms with Crippen LogP contribution in [0.3, 0.4) is 0 Å². The van der Waals surface area contributed by atoms with Crippen LogP contribution >= 0.6 is 24.0 Å². The number of benzene rings is 2. The number of halogens is 1. The molecule has 0 bridgehead atoms. The molecule has 2 rings (SSSR count). The van der Waals surface area contributed by atoms with Gasteiger partial charge in [-0.25, -0.2) is 4.99 Å². The van der Waals surface area contributed by atoms with Gasteiger partial charge in [-0.15, -0.1) is 24.0 Å². The van der Waals surface area contributed by atoms with Gasteiger partial charge < -0.3 is 30.2 Å². The number of nitrogens with two attached hydrogens (primary N) is 1. The van der Waals surface area contributed by atoms with Crippen LogP contribution in [0, 0.1) is 0 Å².